The van der Waals surface area contributed by atoms with E-state index in [2.05, 4.69) is 15.9 Å². The maximum atomic E-state index is 11.8. The minimum absolute atomic E-state index is 0.182. The van der Waals surface area contributed by atoms with E-state index in [-0.39, 0.29) is 5.78 Å². The van der Waals surface area contributed by atoms with Gasteiger partial charge in [0.15, 0.2) is 5.78 Å². The molecular formula is C12H13BrCl2O2. The number of carbonyl (C=O) groups is 1. The molecule has 0 heterocycles. The fraction of sp³-hybridized carbons (Fsp3) is 0.417. The van der Waals surface area contributed by atoms with Crippen molar-refractivity contribution in [3.8, 4) is 5.75 Å². The Bertz CT molecular complexity index is 427. The van der Waals surface area contributed by atoms with Crippen molar-refractivity contribution in [1.82, 2.24) is 0 Å². The number of alkyl halides is 1. The van der Waals surface area contributed by atoms with Gasteiger partial charge in [0.05, 0.1) is 5.02 Å². The van der Waals surface area contributed by atoms with Crippen LogP contribution in [0.3, 0.4) is 0 Å². The Morgan fingerprint density at radius 2 is 2.00 bits per heavy atom. The average Bonchev–Trinajstić information content (AvgIpc) is 2.19. The van der Waals surface area contributed by atoms with E-state index in [0.717, 1.165) is 4.47 Å². The minimum atomic E-state index is -1.03. The van der Waals surface area contributed by atoms with Crippen LogP contribution >= 0.6 is 39.1 Å². The Hall–Kier alpha value is -0.250. The number of benzene rings is 1. The molecule has 5 heteroatoms. The molecule has 0 saturated carbocycles. The smallest absolute Gasteiger partial charge is 0.230 e. The molecule has 0 aliphatic carbocycles. The van der Waals surface area contributed by atoms with Gasteiger partial charge in [-0.2, -0.15) is 0 Å². The normalized spacial score (nSPS) is 13.3. The second-order valence-corrected chi connectivity index (χ2v) is 6.34. The van der Waals surface area contributed by atoms with Crippen molar-refractivity contribution in [1.29, 1.82) is 0 Å². The Labute approximate surface area is 119 Å². The van der Waals surface area contributed by atoms with Crippen LogP contribution in [0.25, 0.3) is 0 Å². The summed E-state index contributed by atoms with van der Waals surface area (Å²) in [5, 5.41) is 0.409. The number of Topliss-reactive ketones (excluding diaryl/α,β-unsaturated/α-hetero) is 1. The first-order valence-corrected chi connectivity index (χ1v) is 6.62. The largest absolute Gasteiger partial charge is 0.466 e. The molecule has 0 radical (unpaired) electrons. The molecule has 0 spiro atoms. The monoisotopic (exact) mass is 338 g/mol. The molecule has 0 aliphatic rings. The zero-order valence-electron chi connectivity index (χ0n) is 9.76. The fourth-order valence-electron chi connectivity index (χ4n) is 1.08. The molecule has 1 aromatic carbocycles. The van der Waals surface area contributed by atoms with Gasteiger partial charge in [-0.3, -0.25) is 4.79 Å². The molecule has 0 fully saturated rings. The Balaban J connectivity index is 2.81. The van der Waals surface area contributed by atoms with Crippen LogP contribution in [-0.2, 0) is 4.79 Å². The third-order valence-corrected chi connectivity index (χ3v) is 3.15. The molecule has 0 aromatic heterocycles. The first-order chi connectivity index (χ1) is 7.71. The Kier molecular flexibility index (Phi) is 4.87. The molecular weight excluding hydrogens is 327 g/mol. The van der Waals surface area contributed by atoms with Gasteiger partial charge < -0.3 is 4.74 Å². The summed E-state index contributed by atoms with van der Waals surface area (Å²) >= 11 is 15.2. The number of ketones is 1. The van der Waals surface area contributed by atoms with Crippen molar-refractivity contribution in [3.05, 3.63) is 27.7 Å². The van der Waals surface area contributed by atoms with Crippen LogP contribution in [0.2, 0.25) is 5.02 Å². The molecule has 1 atom stereocenters. The summed E-state index contributed by atoms with van der Waals surface area (Å²) in [5.74, 6) is 0.214. The predicted octanol–water partition coefficient (Wildman–Crippen LogP) is 4.66. The van der Waals surface area contributed by atoms with Gasteiger partial charge in [0, 0.05) is 9.89 Å². The summed E-state index contributed by atoms with van der Waals surface area (Å²) in [7, 11) is 0. The lowest BCUT2D eigenvalue weighted by Crippen LogP contribution is -2.32. The van der Waals surface area contributed by atoms with Gasteiger partial charge in [-0.05, 0) is 18.2 Å². The van der Waals surface area contributed by atoms with E-state index in [4.69, 9.17) is 27.9 Å². The average molecular weight is 340 g/mol. The molecule has 94 valence electrons. The van der Waals surface area contributed by atoms with Crippen LogP contribution in [0.1, 0.15) is 20.8 Å². The summed E-state index contributed by atoms with van der Waals surface area (Å²) in [6.45, 7) is 5.37. The van der Waals surface area contributed by atoms with Crippen LogP contribution in [0, 0.1) is 5.41 Å². The SMILES string of the molecule is CC(C)(C)C(=O)C(Cl)Oc1ccc(Br)cc1Cl. The number of carbonyl (C=O) groups excluding carboxylic acids is 1. The van der Waals surface area contributed by atoms with Gasteiger partial charge in [0.2, 0.25) is 5.56 Å². The third kappa shape index (κ3) is 4.16. The van der Waals surface area contributed by atoms with E-state index in [1.807, 2.05) is 0 Å². The highest BCUT2D eigenvalue weighted by Gasteiger charge is 2.30. The highest BCUT2D eigenvalue weighted by Crippen LogP contribution is 2.30. The third-order valence-electron chi connectivity index (χ3n) is 2.07. The Morgan fingerprint density at radius 3 is 2.47 bits per heavy atom. The van der Waals surface area contributed by atoms with Gasteiger partial charge >= 0.3 is 0 Å². The second-order valence-electron chi connectivity index (χ2n) is 4.62. The molecule has 0 N–H and O–H groups in total. The lowest BCUT2D eigenvalue weighted by Gasteiger charge is -2.21. The van der Waals surface area contributed by atoms with Crippen molar-refractivity contribution in [2.24, 2.45) is 5.41 Å². The predicted molar refractivity (Wildman–Crippen MR) is 73.9 cm³/mol. The number of halogens is 3. The lowest BCUT2D eigenvalue weighted by atomic mass is 9.91. The van der Waals surface area contributed by atoms with Gasteiger partial charge in [-0.1, -0.05) is 59.9 Å². The standard InChI is InChI=1S/C12H13BrCl2O2/c1-12(2,3)10(16)11(15)17-9-5-4-7(13)6-8(9)14/h4-6,11H,1-3H3. The van der Waals surface area contributed by atoms with E-state index >= 15 is 0 Å². The van der Waals surface area contributed by atoms with Gasteiger partial charge in [0.1, 0.15) is 5.75 Å². The maximum Gasteiger partial charge on any atom is 0.230 e. The van der Waals surface area contributed by atoms with Crippen LogP contribution in [0.15, 0.2) is 22.7 Å². The molecule has 17 heavy (non-hydrogen) atoms. The van der Waals surface area contributed by atoms with E-state index in [1.165, 1.54) is 0 Å². The summed E-state index contributed by atoms with van der Waals surface area (Å²) in [6.07, 6.45) is 0. The molecule has 1 aromatic rings. The topological polar surface area (TPSA) is 26.3 Å². The minimum Gasteiger partial charge on any atom is -0.466 e. The lowest BCUT2D eigenvalue weighted by molar-refractivity contribution is -0.130. The zero-order chi connectivity index (χ0) is 13.2. The molecule has 0 bridgehead atoms. The Morgan fingerprint density at radius 1 is 1.41 bits per heavy atom. The van der Waals surface area contributed by atoms with Crippen LogP contribution in [0.5, 0.6) is 5.75 Å². The molecule has 2 nitrogen and oxygen atoms in total. The van der Waals surface area contributed by atoms with Crippen LogP contribution in [-0.4, -0.2) is 11.3 Å². The highest BCUT2D eigenvalue weighted by molar-refractivity contribution is 9.10. The van der Waals surface area contributed by atoms with Crippen molar-refractivity contribution >= 4 is 44.9 Å². The van der Waals surface area contributed by atoms with Gasteiger partial charge in [-0.15, -0.1) is 0 Å². The van der Waals surface area contributed by atoms with Gasteiger partial charge in [-0.25, -0.2) is 0 Å². The van der Waals surface area contributed by atoms with Gasteiger partial charge in [0.25, 0.3) is 0 Å². The molecule has 0 amide bonds. The van der Waals surface area contributed by atoms with Crippen molar-refractivity contribution < 1.29 is 9.53 Å². The van der Waals surface area contributed by atoms with Crippen LogP contribution < -0.4 is 4.74 Å². The quantitative estimate of drug-likeness (QED) is 0.748. The van der Waals surface area contributed by atoms with E-state index in [1.54, 1.807) is 39.0 Å². The van der Waals surface area contributed by atoms with Crippen molar-refractivity contribution in [2.45, 2.75) is 26.3 Å². The van der Waals surface area contributed by atoms with Crippen molar-refractivity contribution in [2.75, 3.05) is 0 Å². The maximum absolute atomic E-state index is 11.8. The van der Waals surface area contributed by atoms with Crippen molar-refractivity contribution in [3.63, 3.8) is 0 Å². The van der Waals surface area contributed by atoms with E-state index < -0.39 is 11.0 Å². The number of ether oxygens (including phenoxy) is 1. The van der Waals surface area contributed by atoms with E-state index in [9.17, 15) is 4.79 Å². The first-order valence-electron chi connectivity index (χ1n) is 5.02. The first kappa shape index (κ1) is 14.8. The highest BCUT2D eigenvalue weighted by atomic mass is 79.9. The van der Waals surface area contributed by atoms with E-state index in [0.29, 0.717) is 10.8 Å². The number of hydrogen-bond acceptors (Lipinski definition) is 2. The molecule has 1 unspecified atom stereocenters. The molecule has 0 saturated heterocycles. The molecule has 1 rings (SSSR count). The van der Waals surface area contributed by atoms with Crippen LogP contribution in [0.4, 0.5) is 0 Å². The fourth-order valence-corrected chi connectivity index (χ4v) is 2.22. The number of hydrogen-bond donors (Lipinski definition) is 0. The second kappa shape index (κ2) is 5.59. The summed E-state index contributed by atoms with van der Waals surface area (Å²) < 4.78 is 6.19. The zero-order valence-corrected chi connectivity index (χ0v) is 12.9. The summed E-state index contributed by atoms with van der Waals surface area (Å²) in [6, 6.07) is 5.12. The number of rotatable bonds is 3. The molecule has 0 aliphatic heterocycles. The summed E-state index contributed by atoms with van der Waals surface area (Å²) in [5.41, 5.74) is -1.58. The summed E-state index contributed by atoms with van der Waals surface area (Å²) in [4.78, 5) is 11.8.